The molecule has 1 aliphatic heterocycles. The molecule has 0 bridgehead atoms. The molecule has 0 aliphatic carbocycles. The minimum Gasteiger partial charge on any atom is -0.383 e. The molecular formula is C9H12BrN5O. The Morgan fingerprint density at radius 3 is 2.81 bits per heavy atom. The van der Waals surface area contributed by atoms with Crippen molar-refractivity contribution in [3.8, 4) is 0 Å². The molecule has 7 heteroatoms. The average molecular weight is 286 g/mol. The molecule has 86 valence electrons. The Balaban J connectivity index is 2.21. The molecule has 16 heavy (non-hydrogen) atoms. The predicted molar refractivity (Wildman–Crippen MR) is 64.0 cm³/mol. The molecule has 1 fully saturated rings. The van der Waals surface area contributed by atoms with Crippen molar-refractivity contribution in [1.82, 2.24) is 14.9 Å². The van der Waals surface area contributed by atoms with Gasteiger partial charge in [-0.1, -0.05) is 0 Å². The first-order chi connectivity index (χ1) is 7.56. The molecule has 0 saturated carbocycles. The number of hydrogen-bond donors (Lipinski definition) is 1. The fourth-order valence-corrected chi connectivity index (χ4v) is 1.89. The quantitative estimate of drug-likeness (QED) is 0.741. The third kappa shape index (κ3) is 2.24. The zero-order valence-electron chi connectivity index (χ0n) is 8.85. The van der Waals surface area contributed by atoms with Gasteiger partial charge in [0.25, 0.3) is 0 Å². The SMILES string of the molecule is CN1CCN(c2nc(N)cc(Br)n2)CC1=O. The highest BCUT2D eigenvalue weighted by Gasteiger charge is 2.23. The highest BCUT2D eigenvalue weighted by atomic mass is 79.9. The topological polar surface area (TPSA) is 75.3 Å². The van der Waals surface area contributed by atoms with Crippen LogP contribution >= 0.6 is 15.9 Å². The lowest BCUT2D eigenvalue weighted by Gasteiger charge is -2.31. The van der Waals surface area contributed by atoms with Gasteiger partial charge in [0.05, 0.1) is 6.54 Å². The van der Waals surface area contributed by atoms with Crippen molar-refractivity contribution in [2.75, 3.05) is 37.3 Å². The van der Waals surface area contributed by atoms with Crippen LogP contribution < -0.4 is 10.6 Å². The number of halogens is 1. The van der Waals surface area contributed by atoms with E-state index in [2.05, 4.69) is 25.9 Å². The highest BCUT2D eigenvalue weighted by molar-refractivity contribution is 9.10. The maximum absolute atomic E-state index is 11.5. The first kappa shape index (κ1) is 11.1. The van der Waals surface area contributed by atoms with E-state index in [1.165, 1.54) is 0 Å². The number of carbonyl (C=O) groups excluding carboxylic acids is 1. The summed E-state index contributed by atoms with van der Waals surface area (Å²) >= 11 is 3.25. The van der Waals surface area contributed by atoms with E-state index >= 15 is 0 Å². The number of likely N-dealkylation sites (N-methyl/N-ethyl adjacent to an activating group) is 1. The Labute approximate surface area is 102 Å². The molecule has 0 radical (unpaired) electrons. The lowest BCUT2D eigenvalue weighted by Crippen LogP contribution is -2.49. The molecule has 2 rings (SSSR count). The van der Waals surface area contributed by atoms with E-state index in [1.54, 1.807) is 18.0 Å². The van der Waals surface area contributed by atoms with Crippen LogP contribution in [0, 0.1) is 0 Å². The normalized spacial score (nSPS) is 16.8. The van der Waals surface area contributed by atoms with Crippen LogP contribution in [0.15, 0.2) is 10.7 Å². The molecule has 2 heterocycles. The van der Waals surface area contributed by atoms with Crippen LogP contribution in [0.3, 0.4) is 0 Å². The fraction of sp³-hybridized carbons (Fsp3) is 0.444. The summed E-state index contributed by atoms with van der Waals surface area (Å²) in [5.41, 5.74) is 5.62. The molecule has 2 N–H and O–H groups in total. The largest absolute Gasteiger partial charge is 0.383 e. The van der Waals surface area contributed by atoms with E-state index in [1.807, 2.05) is 4.90 Å². The van der Waals surface area contributed by atoms with Gasteiger partial charge in [-0.25, -0.2) is 4.98 Å². The number of rotatable bonds is 1. The van der Waals surface area contributed by atoms with Crippen LogP contribution in [-0.2, 0) is 4.79 Å². The lowest BCUT2D eigenvalue weighted by atomic mass is 10.3. The second kappa shape index (κ2) is 4.25. The van der Waals surface area contributed by atoms with E-state index in [0.717, 1.165) is 6.54 Å². The van der Waals surface area contributed by atoms with Gasteiger partial charge in [-0.15, -0.1) is 0 Å². The molecule has 1 aromatic rings. The maximum atomic E-state index is 11.5. The molecule has 0 unspecified atom stereocenters. The zero-order valence-corrected chi connectivity index (χ0v) is 10.4. The summed E-state index contributed by atoms with van der Waals surface area (Å²) in [6, 6.07) is 1.63. The molecule has 1 saturated heterocycles. The number of amides is 1. The Kier molecular flexibility index (Phi) is 2.95. The van der Waals surface area contributed by atoms with E-state index in [0.29, 0.717) is 29.5 Å². The number of anilines is 2. The second-order valence-electron chi connectivity index (χ2n) is 3.65. The summed E-state index contributed by atoms with van der Waals surface area (Å²) < 4.78 is 0.626. The maximum Gasteiger partial charge on any atom is 0.242 e. The van der Waals surface area contributed by atoms with Gasteiger partial charge in [0.15, 0.2) is 0 Å². The third-order valence-electron chi connectivity index (χ3n) is 2.44. The first-order valence-electron chi connectivity index (χ1n) is 4.85. The van der Waals surface area contributed by atoms with Gasteiger partial charge in [0, 0.05) is 26.2 Å². The summed E-state index contributed by atoms with van der Waals surface area (Å²) in [4.78, 5) is 23.4. The van der Waals surface area contributed by atoms with Crippen LogP contribution in [0.5, 0.6) is 0 Å². The van der Waals surface area contributed by atoms with Crippen LogP contribution in [0.4, 0.5) is 11.8 Å². The smallest absolute Gasteiger partial charge is 0.242 e. The highest BCUT2D eigenvalue weighted by Crippen LogP contribution is 2.17. The van der Waals surface area contributed by atoms with Crippen molar-refractivity contribution in [1.29, 1.82) is 0 Å². The van der Waals surface area contributed by atoms with Gasteiger partial charge in [-0.2, -0.15) is 4.98 Å². The summed E-state index contributed by atoms with van der Waals surface area (Å²) in [5.74, 6) is 0.949. The number of hydrogen-bond acceptors (Lipinski definition) is 5. The van der Waals surface area contributed by atoms with Gasteiger partial charge in [-0.3, -0.25) is 4.79 Å². The molecule has 1 aromatic heterocycles. The average Bonchev–Trinajstić information content (AvgIpc) is 2.20. The number of piperazine rings is 1. The number of aromatic nitrogens is 2. The van der Waals surface area contributed by atoms with Crippen molar-refractivity contribution < 1.29 is 4.79 Å². The van der Waals surface area contributed by atoms with Crippen LogP contribution in [0.1, 0.15) is 0 Å². The van der Waals surface area contributed by atoms with Gasteiger partial charge in [0.1, 0.15) is 10.4 Å². The molecule has 0 spiro atoms. The predicted octanol–water partition coefficient (Wildman–Crippen LogP) is 0.0997. The minimum absolute atomic E-state index is 0.0633. The molecule has 0 aromatic carbocycles. The summed E-state index contributed by atoms with van der Waals surface area (Å²) in [5, 5.41) is 0. The van der Waals surface area contributed by atoms with Crippen molar-refractivity contribution in [3.05, 3.63) is 10.7 Å². The number of nitrogens with zero attached hydrogens (tertiary/aromatic N) is 4. The second-order valence-corrected chi connectivity index (χ2v) is 4.46. The standard InChI is InChI=1S/C9H12BrN5O/c1-14-2-3-15(5-8(14)16)9-12-6(10)4-7(11)13-9/h4H,2-3,5H2,1H3,(H2,11,12,13). The Bertz CT molecular complexity index is 404. The van der Waals surface area contributed by atoms with E-state index < -0.39 is 0 Å². The van der Waals surface area contributed by atoms with Crippen LogP contribution in [-0.4, -0.2) is 47.5 Å². The molecule has 1 aliphatic rings. The third-order valence-corrected chi connectivity index (χ3v) is 2.85. The summed E-state index contributed by atoms with van der Waals surface area (Å²) in [6.45, 7) is 1.69. The van der Waals surface area contributed by atoms with Crippen molar-refractivity contribution in [2.24, 2.45) is 0 Å². The summed E-state index contributed by atoms with van der Waals surface area (Å²) in [7, 11) is 1.79. The van der Waals surface area contributed by atoms with Crippen LogP contribution in [0.2, 0.25) is 0 Å². The Hall–Kier alpha value is -1.37. The summed E-state index contributed by atoms with van der Waals surface area (Å²) in [6.07, 6.45) is 0. The van der Waals surface area contributed by atoms with E-state index in [4.69, 9.17) is 5.73 Å². The number of nitrogen functional groups attached to an aromatic ring is 1. The monoisotopic (exact) mass is 285 g/mol. The molecule has 6 nitrogen and oxygen atoms in total. The lowest BCUT2D eigenvalue weighted by molar-refractivity contribution is -0.129. The van der Waals surface area contributed by atoms with Gasteiger partial charge in [-0.05, 0) is 15.9 Å². The zero-order chi connectivity index (χ0) is 11.7. The fourth-order valence-electron chi connectivity index (χ4n) is 1.49. The van der Waals surface area contributed by atoms with Crippen molar-refractivity contribution in [2.45, 2.75) is 0 Å². The number of nitrogens with two attached hydrogens (primary N) is 1. The van der Waals surface area contributed by atoms with Gasteiger partial charge < -0.3 is 15.5 Å². The van der Waals surface area contributed by atoms with E-state index in [-0.39, 0.29) is 5.91 Å². The van der Waals surface area contributed by atoms with Gasteiger partial charge in [0.2, 0.25) is 11.9 Å². The Morgan fingerprint density at radius 2 is 2.19 bits per heavy atom. The van der Waals surface area contributed by atoms with E-state index in [9.17, 15) is 4.79 Å². The molecule has 0 atom stereocenters. The first-order valence-corrected chi connectivity index (χ1v) is 5.64. The van der Waals surface area contributed by atoms with Gasteiger partial charge >= 0.3 is 0 Å². The molecular weight excluding hydrogens is 274 g/mol. The number of carbonyl (C=O) groups is 1. The molecule has 1 amide bonds. The van der Waals surface area contributed by atoms with Crippen molar-refractivity contribution in [3.63, 3.8) is 0 Å². The van der Waals surface area contributed by atoms with Crippen LogP contribution in [0.25, 0.3) is 0 Å². The minimum atomic E-state index is 0.0633. The van der Waals surface area contributed by atoms with Crippen molar-refractivity contribution >= 4 is 33.6 Å². The Morgan fingerprint density at radius 1 is 1.44 bits per heavy atom.